The minimum Gasteiger partial charge on any atom is -0.350 e. The van der Waals surface area contributed by atoms with Gasteiger partial charge in [-0.3, -0.25) is 9.69 Å². The van der Waals surface area contributed by atoms with Gasteiger partial charge < -0.3 is 14.8 Å². The van der Waals surface area contributed by atoms with Crippen LogP contribution in [0.15, 0.2) is 24.3 Å². The normalized spacial score (nSPS) is 23.3. The third-order valence-corrected chi connectivity index (χ3v) is 5.15. The first-order valence-electron chi connectivity index (χ1n) is 9.53. The molecule has 2 fully saturated rings. The molecule has 3 rings (SSSR count). The van der Waals surface area contributed by atoms with Gasteiger partial charge in [0.15, 0.2) is 6.29 Å². The summed E-state index contributed by atoms with van der Waals surface area (Å²) in [5.74, 6) is 0.288. The fourth-order valence-electron chi connectivity index (χ4n) is 3.83. The molecule has 1 aromatic carbocycles. The molecule has 1 N–H and O–H groups in total. The third kappa shape index (κ3) is 5.02. The number of piperidine rings is 1. The number of rotatable bonds is 6. The van der Waals surface area contributed by atoms with Crippen molar-refractivity contribution in [2.24, 2.45) is 11.8 Å². The molecule has 6 heteroatoms. The van der Waals surface area contributed by atoms with Crippen LogP contribution in [-0.4, -0.2) is 49.9 Å². The van der Waals surface area contributed by atoms with E-state index in [9.17, 15) is 9.18 Å². The predicted molar refractivity (Wildman–Crippen MR) is 97.0 cm³/mol. The molecule has 1 aromatic rings. The number of benzene rings is 1. The first-order chi connectivity index (χ1) is 12.5. The molecule has 0 radical (unpaired) electrons. The molecule has 1 amide bonds. The van der Waals surface area contributed by atoms with Crippen molar-refractivity contribution < 1.29 is 18.7 Å². The largest absolute Gasteiger partial charge is 0.350 e. The van der Waals surface area contributed by atoms with Gasteiger partial charge in [-0.25, -0.2) is 4.39 Å². The molecule has 2 aliphatic heterocycles. The van der Waals surface area contributed by atoms with E-state index in [1.165, 1.54) is 12.1 Å². The average Bonchev–Trinajstić information content (AvgIpc) is 3.15. The zero-order chi connectivity index (χ0) is 18.5. The maximum atomic E-state index is 13.2. The number of amides is 1. The van der Waals surface area contributed by atoms with Gasteiger partial charge in [0.25, 0.3) is 0 Å². The first-order valence-corrected chi connectivity index (χ1v) is 9.53. The molecule has 0 saturated carbocycles. The lowest BCUT2D eigenvalue weighted by molar-refractivity contribution is -0.126. The van der Waals surface area contributed by atoms with Gasteiger partial charge in [-0.1, -0.05) is 26.0 Å². The fourth-order valence-corrected chi connectivity index (χ4v) is 3.83. The Morgan fingerprint density at radius 1 is 1.27 bits per heavy atom. The van der Waals surface area contributed by atoms with E-state index in [1.807, 2.05) is 0 Å². The maximum absolute atomic E-state index is 13.2. The van der Waals surface area contributed by atoms with Gasteiger partial charge in [0.1, 0.15) is 5.82 Å². The molecule has 0 bridgehead atoms. The number of likely N-dealkylation sites (tertiary alicyclic amines) is 1. The number of halogens is 1. The number of hydrogen-bond acceptors (Lipinski definition) is 4. The monoisotopic (exact) mass is 364 g/mol. The van der Waals surface area contributed by atoms with Crippen LogP contribution >= 0.6 is 0 Å². The number of nitrogens with one attached hydrogen (secondary N) is 1. The second kappa shape index (κ2) is 8.93. The molecule has 0 spiro atoms. The number of carbonyl (C=O) groups excluding carboxylic acids is 1. The summed E-state index contributed by atoms with van der Waals surface area (Å²) >= 11 is 0. The summed E-state index contributed by atoms with van der Waals surface area (Å²) in [6.07, 6.45) is 2.00. The van der Waals surface area contributed by atoms with Crippen molar-refractivity contribution in [3.8, 4) is 0 Å². The highest BCUT2D eigenvalue weighted by atomic mass is 19.1. The second-order valence-corrected chi connectivity index (χ2v) is 7.59. The smallest absolute Gasteiger partial charge is 0.234 e. The van der Waals surface area contributed by atoms with E-state index in [-0.39, 0.29) is 30.0 Å². The van der Waals surface area contributed by atoms with Crippen LogP contribution in [0, 0.1) is 17.7 Å². The van der Waals surface area contributed by atoms with Gasteiger partial charge in [0, 0.05) is 12.5 Å². The van der Waals surface area contributed by atoms with Crippen LogP contribution in [0.1, 0.15) is 38.3 Å². The molecule has 0 aromatic heterocycles. The highest BCUT2D eigenvalue weighted by molar-refractivity contribution is 5.78. The molecule has 0 aliphatic carbocycles. The Kier molecular flexibility index (Phi) is 6.62. The van der Waals surface area contributed by atoms with E-state index in [4.69, 9.17) is 9.47 Å². The molecule has 2 atom stereocenters. The van der Waals surface area contributed by atoms with Crippen LogP contribution in [0.25, 0.3) is 0 Å². The molecule has 2 heterocycles. The molecule has 5 nitrogen and oxygen atoms in total. The molecular formula is C20H29FN2O3. The van der Waals surface area contributed by atoms with Crippen LogP contribution in [0.3, 0.4) is 0 Å². The molecule has 2 aliphatic rings. The van der Waals surface area contributed by atoms with E-state index in [0.29, 0.717) is 25.7 Å². The number of nitrogens with zero attached hydrogens (tertiary/aromatic N) is 1. The van der Waals surface area contributed by atoms with Gasteiger partial charge in [-0.2, -0.15) is 0 Å². The number of ether oxygens (including phenoxy) is 2. The van der Waals surface area contributed by atoms with Crippen LogP contribution in [0.4, 0.5) is 4.39 Å². The molecule has 144 valence electrons. The third-order valence-electron chi connectivity index (χ3n) is 5.15. The van der Waals surface area contributed by atoms with Gasteiger partial charge in [0.05, 0.1) is 25.8 Å². The van der Waals surface area contributed by atoms with E-state index in [0.717, 1.165) is 31.5 Å². The highest BCUT2D eigenvalue weighted by Crippen LogP contribution is 2.25. The summed E-state index contributed by atoms with van der Waals surface area (Å²) in [4.78, 5) is 14.8. The molecular weight excluding hydrogens is 335 g/mol. The Labute approximate surface area is 154 Å². The SMILES string of the molecule is CC(C)C(NC(=O)CN1CCCC(C2OCCO2)C1)c1ccc(F)cc1. The number of carbonyl (C=O) groups is 1. The Balaban J connectivity index is 1.55. The Morgan fingerprint density at radius 2 is 1.96 bits per heavy atom. The van der Waals surface area contributed by atoms with E-state index in [1.54, 1.807) is 12.1 Å². The minimum absolute atomic E-state index is 0.00179. The predicted octanol–water partition coefficient (Wildman–Crippen LogP) is 2.72. The average molecular weight is 364 g/mol. The van der Waals surface area contributed by atoms with Crippen molar-refractivity contribution in [2.45, 2.75) is 39.0 Å². The van der Waals surface area contributed by atoms with E-state index in [2.05, 4.69) is 24.1 Å². The summed E-state index contributed by atoms with van der Waals surface area (Å²) in [5, 5.41) is 3.12. The van der Waals surface area contributed by atoms with Crippen molar-refractivity contribution in [3.05, 3.63) is 35.6 Å². The van der Waals surface area contributed by atoms with Crippen molar-refractivity contribution >= 4 is 5.91 Å². The summed E-state index contributed by atoms with van der Waals surface area (Å²) in [7, 11) is 0. The van der Waals surface area contributed by atoms with Crippen LogP contribution in [0.2, 0.25) is 0 Å². The fraction of sp³-hybridized carbons (Fsp3) is 0.650. The van der Waals surface area contributed by atoms with Crippen LogP contribution in [0.5, 0.6) is 0 Å². The van der Waals surface area contributed by atoms with Crippen molar-refractivity contribution in [3.63, 3.8) is 0 Å². The van der Waals surface area contributed by atoms with E-state index < -0.39 is 0 Å². The molecule has 2 saturated heterocycles. The van der Waals surface area contributed by atoms with Crippen molar-refractivity contribution in [1.82, 2.24) is 10.2 Å². The Hall–Kier alpha value is -1.50. The standard InChI is InChI=1S/C20H29FN2O3/c1-14(2)19(15-5-7-17(21)8-6-15)22-18(24)13-23-9-3-4-16(12-23)20-25-10-11-26-20/h5-8,14,16,19-20H,3-4,9-13H2,1-2H3,(H,22,24). The number of hydrogen-bond donors (Lipinski definition) is 1. The van der Waals surface area contributed by atoms with Gasteiger partial charge >= 0.3 is 0 Å². The summed E-state index contributed by atoms with van der Waals surface area (Å²) < 4.78 is 24.4. The van der Waals surface area contributed by atoms with Gasteiger partial charge in [-0.15, -0.1) is 0 Å². The van der Waals surface area contributed by atoms with Gasteiger partial charge in [-0.05, 0) is 43.0 Å². The summed E-state index contributed by atoms with van der Waals surface area (Å²) in [6, 6.07) is 6.24. The van der Waals surface area contributed by atoms with E-state index >= 15 is 0 Å². The summed E-state index contributed by atoms with van der Waals surface area (Å²) in [6.45, 7) is 7.54. The van der Waals surface area contributed by atoms with Crippen LogP contribution < -0.4 is 5.32 Å². The van der Waals surface area contributed by atoms with Gasteiger partial charge in [0.2, 0.25) is 5.91 Å². The quantitative estimate of drug-likeness (QED) is 0.843. The maximum Gasteiger partial charge on any atom is 0.234 e. The van der Waals surface area contributed by atoms with Crippen LogP contribution in [-0.2, 0) is 14.3 Å². The second-order valence-electron chi connectivity index (χ2n) is 7.59. The topological polar surface area (TPSA) is 50.8 Å². The van der Waals surface area contributed by atoms with Crippen molar-refractivity contribution in [2.75, 3.05) is 32.8 Å². The lowest BCUT2D eigenvalue weighted by Gasteiger charge is -2.34. The molecule has 26 heavy (non-hydrogen) atoms. The minimum atomic E-state index is -0.265. The lowest BCUT2D eigenvalue weighted by Crippen LogP contribution is -2.46. The zero-order valence-electron chi connectivity index (χ0n) is 15.6. The Bertz CT molecular complexity index is 587. The Morgan fingerprint density at radius 3 is 2.62 bits per heavy atom. The first kappa shape index (κ1) is 19.3. The zero-order valence-corrected chi connectivity index (χ0v) is 15.6. The molecule has 2 unspecified atom stereocenters. The highest BCUT2D eigenvalue weighted by Gasteiger charge is 2.32. The lowest BCUT2D eigenvalue weighted by atomic mass is 9.95. The van der Waals surface area contributed by atoms with Crippen molar-refractivity contribution in [1.29, 1.82) is 0 Å². The summed E-state index contributed by atoms with van der Waals surface area (Å²) in [5.41, 5.74) is 0.930.